The molecule has 2 aromatic rings. The van der Waals surface area contributed by atoms with Crippen molar-refractivity contribution in [2.45, 2.75) is 38.8 Å². The topological polar surface area (TPSA) is 58.2 Å². The molecule has 4 nitrogen and oxygen atoms in total. The molecule has 1 fully saturated rings. The fourth-order valence-electron chi connectivity index (χ4n) is 3.55. The van der Waals surface area contributed by atoms with E-state index in [1.54, 1.807) is 0 Å². The Morgan fingerprint density at radius 3 is 1.43 bits per heavy atom. The lowest BCUT2D eigenvalue weighted by atomic mass is 9.81. The van der Waals surface area contributed by atoms with Gasteiger partial charge in [-0.15, -0.1) is 0 Å². The molecule has 148 valence electrons. The minimum atomic E-state index is -0.0462. The number of amides is 2. The second-order valence-corrected chi connectivity index (χ2v) is 7.98. The Morgan fingerprint density at radius 1 is 0.714 bits per heavy atom. The van der Waals surface area contributed by atoms with Gasteiger partial charge in [0, 0.05) is 35.0 Å². The molecule has 0 bridgehead atoms. The molecule has 1 aliphatic rings. The van der Waals surface area contributed by atoms with Gasteiger partial charge < -0.3 is 10.6 Å². The van der Waals surface area contributed by atoms with E-state index in [2.05, 4.69) is 10.6 Å². The highest BCUT2D eigenvalue weighted by Crippen LogP contribution is 2.29. The molecule has 0 heterocycles. The first-order chi connectivity index (χ1) is 13.5. The summed E-state index contributed by atoms with van der Waals surface area (Å²) in [6.45, 7) is 0.855. The number of rotatable bonds is 6. The van der Waals surface area contributed by atoms with Crippen LogP contribution in [0.4, 0.5) is 0 Å². The molecule has 2 amide bonds. The third-order valence-corrected chi connectivity index (χ3v) is 6.03. The summed E-state index contributed by atoms with van der Waals surface area (Å²) in [5.41, 5.74) is 1.82. The predicted octanol–water partition coefficient (Wildman–Crippen LogP) is 4.73. The number of benzene rings is 2. The van der Waals surface area contributed by atoms with Crippen molar-refractivity contribution in [3.05, 3.63) is 69.7 Å². The van der Waals surface area contributed by atoms with Crippen LogP contribution in [0, 0.1) is 11.8 Å². The van der Waals surface area contributed by atoms with Crippen molar-refractivity contribution in [3.8, 4) is 0 Å². The Bertz CT molecular complexity index is 763. The Labute approximate surface area is 175 Å². The van der Waals surface area contributed by atoms with Crippen LogP contribution in [-0.4, -0.2) is 11.8 Å². The number of nitrogens with one attached hydrogen (secondary N) is 2. The van der Waals surface area contributed by atoms with E-state index in [1.807, 2.05) is 48.5 Å². The van der Waals surface area contributed by atoms with Crippen LogP contribution in [0.1, 0.15) is 36.8 Å². The Kier molecular flexibility index (Phi) is 7.35. The normalized spacial score (nSPS) is 19.1. The summed E-state index contributed by atoms with van der Waals surface area (Å²) in [7, 11) is 0. The molecule has 6 heteroatoms. The first-order valence-corrected chi connectivity index (χ1v) is 10.3. The average molecular weight is 419 g/mol. The molecule has 2 aromatic carbocycles. The van der Waals surface area contributed by atoms with Gasteiger partial charge >= 0.3 is 0 Å². The molecule has 0 unspecified atom stereocenters. The molecule has 1 aliphatic carbocycles. The Balaban J connectivity index is 1.42. The van der Waals surface area contributed by atoms with Gasteiger partial charge in [-0.1, -0.05) is 59.6 Å². The summed E-state index contributed by atoms with van der Waals surface area (Å²) in [4.78, 5) is 24.9. The first kappa shape index (κ1) is 20.7. The van der Waals surface area contributed by atoms with Crippen LogP contribution in [0.15, 0.2) is 48.5 Å². The minimum Gasteiger partial charge on any atom is -0.352 e. The van der Waals surface area contributed by atoms with Crippen LogP contribution in [0.5, 0.6) is 0 Å². The van der Waals surface area contributed by atoms with Gasteiger partial charge in [-0.2, -0.15) is 0 Å². The summed E-state index contributed by atoms with van der Waals surface area (Å²) in [6, 6.07) is 15.0. The fraction of sp³-hybridized carbons (Fsp3) is 0.364. The number of carbonyl (C=O) groups is 2. The molecule has 2 N–H and O–H groups in total. The largest absolute Gasteiger partial charge is 0.352 e. The zero-order valence-electron chi connectivity index (χ0n) is 15.6. The third-order valence-electron chi connectivity index (χ3n) is 5.29. The van der Waals surface area contributed by atoms with Crippen LogP contribution >= 0.6 is 23.2 Å². The van der Waals surface area contributed by atoms with E-state index in [4.69, 9.17) is 23.2 Å². The summed E-state index contributed by atoms with van der Waals surface area (Å²) >= 11 is 12.3. The van der Waals surface area contributed by atoms with Crippen LogP contribution < -0.4 is 10.6 Å². The van der Waals surface area contributed by atoms with E-state index >= 15 is 0 Å². The van der Waals surface area contributed by atoms with Crippen molar-refractivity contribution in [2.75, 3.05) is 0 Å². The van der Waals surface area contributed by atoms with Gasteiger partial charge in [0.2, 0.25) is 11.8 Å². The first-order valence-electron chi connectivity index (χ1n) is 9.57. The summed E-state index contributed by atoms with van der Waals surface area (Å²) in [5.74, 6) is -0.0186. The quantitative estimate of drug-likeness (QED) is 0.711. The zero-order chi connectivity index (χ0) is 19.9. The van der Waals surface area contributed by atoms with Crippen molar-refractivity contribution in [1.82, 2.24) is 10.6 Å². The smallest absolute Gasteiger partial charge is 0.223 e. The highest BCUT2D eigenvalue weighted by Gasteiger charge is 2.29. The zero-order valence-corrected chi connectivity index (χ0v) is 17.1. The maximum Gasteiger partial charge on any atom is 0.223 e. The fourth-order valence-corrected chi connectivity index (χ4v) is 3.96. The van der Waals surface area contributed by atoms with Crippen molar-refractivity contribution < 1.29 is 9.59 Å². The molecule has 0 aliphatic heterocycles. The molecular formula is C22H24Cl2N2O2. The molecule has 28 heavy (non-hydrogen) atoms. The van der Waals surface area contributed by atoms with E-state index in [9.17, 15) is 9.59 Å². The molecule has 0 atom stereocenters. The van der Waals surface area contributed by atoms with E-state index in [1.165, 1.54) is 0 Å². The van der Waals surface area contributed by atoms with Crippen molar-refractivity contribution in [3.63, 3.8) is 0 Å². The van der Waals surface area contributed by atoms with E-state index < -0.39 is 0 Å². The van der Waals surface area contributed by atoms with Crippen LogP contribution in [0.25, 0.3) is 0 Å². The van der Waals surface area contributed by atoms with Crippen molar-refractivity contribution in [2.24, 2.45) is 11.8 Å². The maximum atomic E-state index is 12.4. The maximum absolute atomic E-state index is 12.4. The van der Waals surface area contributed by atoms with Gasteiger partial charge in [-0.3, -0.25) is 9.59 Å². The monoisotopic (exact) mass is 418 g/mol. The Morgan fingerprint density at radius 2 is 1.07 bits per heavy atom. The Hall–Kier alpha value is -2.04. The molecule has 1 saturated carbocycles. The molecule has 0 radical (unpaired) electrons. The lowest BCUT2D eigenvalue weighted by Gasteiger charge is -2.27. The van der Waals surface area contributed by atoms with Gasteiger partial charge in [0.25, 0.3) is 0 Å². The molecule has 0 aromatic heterocycles. The van der Waals surface area contributed by atoms with E-state index in [-0.39, 0.29) is 23.7 Å². The lowest BCUT2D eigenvalue weighted by molar-refractivity contribution is -0.130. The van der Waals surface area contributed by atoms with Gasteiger partial charge in [0.1, 0.15) is 0 Å². The third kappa shape index (κ3) is 5.49. The van der Waals surface area contributed by atoms with Crippen LogP contribution in [0.3, 0.4) is 0 Å². The molecular weight excluding hydrogens is 395 g/mol. The number of hydrogen-bond donors (Lipinski definition) is 2. The minimum absolute atomic E-state index is 0.0369. The van der Waals surface area contributed by atoms with Gasteiger partial charge in [0.05, 0.1) is 0 Å². The summed E-state index contributed by atoms with van der Waals surface area (Å²) in [5, 5.41) is 7.24. The number of carbonyl (C=O) groups excluding carboxylic acids is 2. The predicted molar refractivity (Wildman–Crippen MR) is 112 cm³/mol. The van der Waals surface area contributed by atoms with Gasteiger partial charge in [0.15, 0.2) is 0 Å². The number of hydrogen-bond acceptors (Lipinski definition) is 2. The van der Waals surface area contributed by atoms with Crippen LogP contribution in [0.2, 0.25) is 10.0 Å². The second kappa shape index (κ2) is 9.94. The average Bonchev–Trinajstić information content (AvgIpc) is 2.72. The van der Waals surface area contributed by atoms with E-state index in [0.717, 1.165) is 36.8 Å². The summed E-state index contributed by atoms with van der Waals surface area (Å²) < 4.78 is 0. The van der Waals surface area contributed by atoms with Crippen molar-refractivity contribution in [1.29, 1.82) is 0 Å². The molecule has 0 saturated heterocycles. The highest BCUT2D eigenvalue weighted by molar-refractivity contribution is 6.31. The second-order valence-electron chi connectivity index (χ2n) is 7.17. The standard InChI is InChI=1S/C22H24Cl2N2O2/c23-19-7-3-1-5-17(19)13-25-21(27)15-9-11-16(12-10-15)22(28)26-14-18-6-2-4-8-20(18)24/h1-8,15-16H,9-14H2,(H,25,27)(H,26,28). The SMILES string of the molecule is O=C(NCc1ccccc1Cl)C1CCC(C(=O)NCc2ccccc2Cl)CC1. The number of halogens is 2. The van der Waals surface area contributed by atoms with Gasteiger partial charge in [-0.05, 0) is 48.9 Å². The highest BCUT2D eigenvalue weighted by atomic mass is 35.5. The lowest BCUT2D eigenvalue weighted by Crippen LogP contribution is -2.37. The van der Waals surface area contributed by atoms with Crippen molar-refractivity contribution >= 4 is 35.0 Å². The van der Waals surface area contributed by atoms with Gasteiger partial charge in [-0.25, -0.2) is 0 Å². The molecule has 3 rings (SSSR count). The summed E-state index contributed by atoms with van der Waals surface area (Å²) in [6.07, 6.45) is 2.88. The van der Waals surface area contributed by atoms with Crippen LogP contribution in [-0.2, 0) is 22.7 Å². The van der Waals surface area contributed by atoms with E-state index in [0.29, 0.717) is 23.1 Å². The molecule has 0 spiro atoms.